The van der Waals surface area contributed by atoms with E-state index in [9.17, 15) is 0 Å². The van der Waals surface area contributed by atoms with E-state index in [2.05, 4.69) is 29.4 Å². The highest BCUT2D eigenvalue weighted by Gasteiger charge is 2.22. The van der Waals surface area contributed by atoms with E-state index >= 15 is 0 Å². The molecule has 2 rings (SSSR count). The number of tetrazole rings is 1. The molecular weight excluding hydrogens is 290 g/mol. The molecule has 114 valence electrons. The summed E-state index contributed by atoms with van der Waals surface area (Å²) in [6, 6.07) is 5.32. The number of hydrogen-bond acceptors (Lipinski definition) is 5. The third-order valence-corrected chi connectivity index (χ3v) is 3.64. The lowest BCUT2D eigenvalue weighted by Crippen LogP contribution is -2.23. The molecule has 1 heterocycles. The molecule has 0 amide bonds. The van der Waals surface area contributed by atoms with E-state index < -0.39 is 0 Å². The standard InChI is InChI=1S/C14H20ClN5O/c1-14(2,6-7-21-3)9-20-13(17-18-19-20)11-5-4-10(16)8-12(11)15/h4-5,8H,6-7,9,16H2,1-3H3. The first-order valence-corrected chi connectivity index (χ1v) is 7.11. The van der Waals surface area contributed by atoms with Gasteiger partial charge < -0.3 is 10.5 Å². The highest BCUT2D eigenvalue weighted by Crippen LogP contribution is 2.30. The van der Waals surface area contributed by atoms with Crippen LogP contribution in [0.4, 0.5) is 5.69 Å². The van der Waals surface area contributed by atoms with Crippen molar-refractivity contribution in [2.24, 2.45) is 5.41 Å². The van der Waals surface area contributed by atoms with E-state index in [4.69, 9.17) is 22.1 Å². The van der Waals surface area contributed by atoms with Crippen LogP contribution in [0.1, 0.15) is 20.3 Å². The maximum atomic E-state index is 6.24. The molecule has 0 fully saturated rings. The smallest absolute Gasteiger partial charge is 0.183 e. The summed E-state index contributed by atoms with van der Waals surface area (Å²) >= 11 is 6.24. The second kappa shape index (κ2) is 6.41. The Morgan fingerprint density at radius 1 is 1.38 bits per heavy atom. The quantitative estimate of drug-likeness (QED) is 0.830. The van der Waals surface area contributed by atoms with Crippen molar-refractivity contribution < 1.29 is 4.74 Å². The molecule has 0 unspecified atom stereocenters. The van der Waals surface area contributed by atoms with Crippen molar-refractivity contribution >= 4 is 17.3 Å². The van der Waals surface area contributed by atoms with Crippen LogP contribution in [0.15, 0.2) is 18.2 Å². The van der Waals surface area contributed by atoms with Crippen LogP contribution in [0.2, 0.25) is 5.02 Å². The number of benzene rings is 1. The summed E-state index contributed by atoms with van der Waals surface area (Å²) in [5, 5.41) is 12.5. The van der Waals surface area contributed by atoms with E-state index in [1.807, 2.05) is 6.07 Å². The van der Waals surface area contributed by atoms with Crippen LogP contribution in [-0.2, 0) is 11.3 Å². The largest absolute Gasteiger partial charge is 0.399 e. The van der Waals surface area contributed by atoms with Gasteiger partial charge in [-0.2, -0.15) is 0 Å². The van der Waals surface area contributed by atoms with Gasteiger partial charge in [0.15, 0.2) is 5.82 Å². The van der Waals surface area contributed by atoms with Crippen LogP contribution in [-0.4, -0.2) is 33.9 Å². The van der Waals surface area contributed by atoms with Crippen molar-refractivity contribution in [2.45, 2.75) is 26.8 Å². The Kier molecular flexibility index (Phi) is 4.80. The van der Waals surface area contributed by atoms with Crippen molar-refractivity contribution in [3.05, 3.63) is 23.2 Å². The van der Waals surface area contributed by atoms with Gasteiger partial charge in [0.05, 0.1) is 11.6 Å². The van der Waals surface area contributed by atoms with Gasteiger partial charge in [0, 0.05) is 25.0 Å². The molecule has 7 heteroatoms. The van der Waals surface area contributed by atoms with Crippen LogP contribution >= 0.6 is 11.6 Å². The number of nitrogens with two attached hydrogens (primary N) is 1. The molecule has 1 aromatic carbocycles. The monoisotopic (exact) mass is 309 g/mol. The lowest BCUT2D eigenvalue weighted by molar-refractivity contribution is 0.140. The predicted molar refractivity (Wildman–Crippen MR) is 82.9 cm³/mol. The van der Waals surface area contributed by atoms with Crippen LogP contribution in [0.3, 0.4) is 0 Å². The molecule has 0 aliphatic rings. The van der Waals surface area contributed by atoms with Gasteiger partial charge in [-0.15, -0.1) is 5.10 Å². The molecular formula is C14H20ClN5O. The van der Waals surface area contributed by atoms with Gasteiger partial charge in [-0.25, -0.2) is 4.68 Å². The minimum atomic E-state index is 0.0143. The van der Waals surface area contributed by atoms with E-state index in [0.717, 1.165) is 12.0 Å². The molecule has 0 bridgehead atoms. The zero-order valence-electron chi connectivity index (χ0n) is 12.5. The molecule has 2 aromatic rings. The summed E-state index contributed by atoms with van der Waals surface area (Å²) in [5.74, 6) is 0.644. The van der Waals surface area contributed by atoms with E-state index in [0.29, 0.717) is 29.7 Å². The summed E-state index contributed by atoms with van der Waals surface area (Å²) in [6.45, 7) is 5.69. The lowest BCUT2D eigenvalue weighted by atomic mass is 9.89. The highest BCUT2D eigenvalue weighted by atomic mass is 35.5. The Labute approximate surface area is 129 Å². The fourth-order valence-electron chi connectivity index (χ4n) is 2.08. The third kappa shape index (κ3) is 3.92. The zero-order chi connectivity index (χ0) is 15.5. The predicted octanol–water partition coefficient (Wildman–Crippen LogP) is 2.64. The third-order valence-electron chi connectivity index (χ3n) is 3.33. The van der Waals surface area contributed by atoms with Gasteiger partial charge in [-0.3, -0.25) is 0 Å². The molecule has 0 saturated carbocycles. The first-order valence-electron chi connectivity index (χ1n) is 6.73. The Morgan fingerprint density at radius 2 is 2.14 bits per heavy atom. The van der Waals surface area contributed by atoms with E-state index in [1.54, 1.807) is 23.9 Å². The Balaban J connectivity index is 2.26. The van der Waals surface area contributed by atoms with Crippen molar-refractivity contribution in [1.29, 1.82) is 0 Å². The second-order valence-electron chi connectivity index (χ2n) is 5.81. The van der Waals surface area contributed by atoms with Gasteiger partial charge in [-0.05, 0) is 40.5 Å². The number of ether oxygens (including phenoxy) is 1. The number of anilines is 1. The van der Waals surface area contributed by atoms with Gasteiger partial charge in [-0.1, -0.05) is 25.4 Å². The molecule has 0 radical (unpaired) electrons. The topological polar surface area (TPSA) is 78.8 Å². The molecule has 0 aliphatic carbocycles. The minimum Gasteiger partial charge on any atom is -0.399 e. The summed E-state index contributed by atoms with van der Waals surface area (Å²) in [5.41, 5.74) is 7.12. The molecule has 6 nitrogen and oxygen atoms in total. The average molecular weight is 310 g/mol. The maximum absolute atomic E-state index is 6.24. The molecule has 0 atom stereocenters. The first kappa shape index (κ1) is 15.7. The van der Waals surface area contributed by atoms with Crippen molar-refractivity contribution in [2.75, 3.05) is 19.5 Å². The van der Waals surface area contributed by atoms with Gasteiger partial charge in [0.1, 0.15) is 0 Å². The maximum Gasteiger partial charge on any atom is 0.183 e. The van der Waals surface area contributed by atoms with E-state index in [-0.39, 0.29) is 5.41 Å². The fraction of sp³-hybridized carbons (Fsp3) is 0.500. The molecule has 0 aliphatic heterocycles. The number of nitrogens with zero attached hydrogens (tertiary/aromatic N) is 4. The summed E-state index contributed by atoms with van der Waals surface area (Å²) < 4.78 is 6.92. The Morgan fingerprint density at radius 3 is 2.81 bits per heavy atom. The van der Waals surface area contributed by atoms with Gasteiger partial charge >= 0.3 is 0 Å². The summed E-state index contributed by atoms with van der Waals surface area (Å²) in [7, 11) is 1.70. The van der Waals surface area contributed by atoms with Crippen LogP contribution in [0, 0.1) is 5.41 Å². The normalized spacial score (nSPS) is 11.8. The van der Waals surface area contributed by atoms with Crippen molar-refractivity contribution in [3.63, 3.8) is 0 Å². The van der Waals surface area contributed by atoms with Crippen LogP contribution < -0.4 is 5.73 Å². The average Bonchev–Trinajstić information content (AvgIpc) is 2.84. The highest BCUT2D eigenvalue weighted by molar-refractivity contribution is 6.33. The fourth-order valence-corrected chi connectivity index (χ4v) is 2.35. The molecule has 0 saturated heterocycles. The first-order chi connectivity index (χ1) is 9.93. The number of halogens is 1. The molecule has 2 N–H and O–H groups in total. The Hall–Kier alpha value is -1.66. The van der Waals surface area contributed by atoms with Crippen molar-refractivity contribution in [3.8, 4) is 11.4 Å². The number of methoxy groups -OCH3 is 1. The number of rotatable bonds is 6. The zero-order valence-corrected chi connectivity index (χ0v) is 13.3. The minimum absolute atomic E-state index is 0.0143. The van der Waals surface area contributed by atoms with Crippen LogP contribution in [0.25, 0.3) is 11.4 Å². The van der Waals surface area contributed by atoms with Gasteiger partial charge in [0.2, 0.25) is 0 Å². The SMILES string of the molecule is COCCC(C)(C)Cn1nnnc1-c1ccc(N)cc1Cl. The van der Waals surface area contributed by atoms with E-state index in [1.165, 1.54) is 0 Å². The number of nitrogen functional groups attached to an aromatic ring is 1. The Bertz CT molecular complexity index is 611. The van der Waals surface area contributed by atoms with Crippen LogP contribution in [0.5, 0.6) is 0 Å². The molecule has 0 spiro atoms. The molecule has 21 heavy (non-hydrogen) atoms. The summed E-state index contributed by atoms with van der Waals surface area (Å²) in [4.78, 5) is 0. The number of hydrogen-bond donors (Lipinski definition) is 1. The summed E-state index contributed by atoms with van der Waals surface area (Å²) in [6.07, 6.45) is 0.915. The van der Waals surface area contributed by atoms with Gasteiger partial charge in [0.25, 0.3) is 0 Å². The van der Waals surface area contributed by atoms with Crippen molar-refractivity contribution in [1.82, 2.24) is 20.2 Å². The lowest BCUT2D eigenvalue weighted by Gasteiger charge is -2.24. The number of aromatic nitrogens is 4. The molecule has 1 aromatic heterocycles. The second-order valence-corrected chi connectivity index (χ2v) is 6.21.